The van der Waals surface area contributed by atoms with E-state index in [9.17, 15) is 45.3 Å². The van der Waals surface area contributed by atoms with Crippen molar-refractivity contribution in [2.45, 2.75) is 87.1 Å². The van der Waals surface area contributed by atoms with Crippen molar-refractivity contribution in [3.63, 3.8) is 0 Å². The number of ether oxygens (including phenoxy) is 5. The van der Waals surface area contributed by atoms with Crippen molar-refractivity contribution in [2.24, 2.45) is 0 Å². The largest absolute Gasteiger partial charge is 0.463 e. The van der Waals surface area contributed by atoms with Crippen LogP contribution in [0.25, 0.3) is 0 Å². The van der Waals surface area contributed by atoms with E-state index >= 15 is 0 Å². The summed E-state index contributed by atoms with van der Waals surface area (Å²) in [5.41, 5.74) is 0. The third kappa shape index (κ3) is 7.39. The summed E-state index contributed by atoms with van der Waals surface area (Å²) in [4.78, 5) is 23.1. The van der Waals surface area contributed by atoms with Gasteiger partial charge in [0, 0.05) is 12.8 Å². The van der Waals surface area contributed by atoms with Crippen molar-refractivity contribution in [2.75, 3.05) is 13.2 Å². The van der Waals surface area contributed by atoms with Gasteiger partial charge in [-0.3, -0.25) is 9.59 Å². The Labute approximate surface area is 194 Å². The van der Waals surface area contributed by atoms with Crippen molar-refractivity contribution in [3.8, 4) is 0 Å². The number of rotatable bonds is 11. The minimum Gasteiger partial charge on any atom is -0.463 e. The Kier molecular flexibility index (Phi) is 11.2. The summed E-state index contributed by atoms with van der Waals surface area (Å²) in [5.74, 6) is -1.15. The number of esters is 2. The maximum atomic E-state index is 11.9. The fourth-order valence-corrected chi connectivity index (χ4v) is 3.49. The van der Waals surface area contributed by atoms with E-state index in [4.69, 9.17) is 18.9 Å². The van der Waals surface area contributed by atoms with Gasteiger partial charge in [0.2, 0.25) is 0 Å². The molecule has 1 unspecified atom stereocenters. The lowest BCUT2D eigenvalue weighted by Gasteiger charge is -2.45. The van der Waals surface area contributed by atoms with Crippen molar-refractivity contribution in [1.82, 2.24) is 0 Å². The first-order chi connectivity index (χ1) is 16.1. The van der Waals surface area contributed by atoms with Crippen molar-refractivity contribution in [1.29, 1.82) is 0 Å². The number of carbonyl (C=O) groups excluding carboxylic acids is 2. The quantitative estimate of drug-likeness (QED) is 0.0834. The molecule has 2 saturated heterocycles. The second kappa shape index (κ2) is 13.4. The topological polar surface area (TPSA) is 222 Å². The van der Waals surface area contributed by atoms with Gasteiger partial charge in [0.1, 0.15) is 55.4 Å². The predicted octanol–water partition coefficient (Wildman–Crippen LogP) is -3.60. The molecule has 0 aromatic rings. The zero-order valence-electron chi connectivity index (χ0n) is 18.3. The highest BCUT2D eigenvalue weighted by molar-refractivity contribution is 5.70. The molecule has 14 heteroatoms. The molecule has 2 fully saturated rings. The molecule has 0 bridgehead atoms. The Morgan fingerprint density at radius 1 is 0.824 bits per heavy atom. The standard InChI is InChI=1S/C20H32O14/c1-2-30-11(22)5-3-4-6-12(23)31-8-10-13(24)14(25)17(28)20(33-10)34-18-9(7-21)32-19(29)16(27)15(18)26/h2,9-10,13-21,24-29H,1,3-8H2/t9-,10-,13+,14+,15-,16-,17-,18-,19?,20+/m1/s1. The van der Waals surface area contributed by atoms with Crippen LogP contribution in [0.15, 0.2) is 12.8 Å². The molecule has 0 aromatic heterocycles. The highest BCUT2D eigenvalue weighted by Crippen LogP contribution is 2.28. The van der Waals surface area contributed by atoms with Gasteiger partial charge in [0.25, 0.3) is 0 Å². The molecule has 7 N–H and O–H groups in total. The average molecular weight is 496 g/mol. The molecule has 2 aliphatic heterocycles. The normalized spacial score (nSPS) is 38.2. The molecule has 0 saturated carbocycles. The first-order valence-electron chi connectivity index (χ1n) is 10.7. The van der Waals surface area contributed by atoms with Crippen LogP contribution < -0.4 is 0 Å². The molecule has 2 rings (SSSR count). The number of hydrogen-bond donors (Lipinski definition) is 7. The number of hydrogen-bond acceptors (Lipinski definition) is 14. The highest BCUT2D eigenvalue weighted by Gasteiger charge is 2.50. The molecule has 0 radical (unpaired) electrons. The van der Waals surface area contributed by atoms with E-state index in [1.165, 1.54) is 0 Å². The maximum Gasteiger partial charge on any atom is 0.310 e. The fraction of sp³-hybridized carbons (Fsp3) is 0.800. The lowest BCUT2D eigenvalue weighted by molar-refractivity contribution is -0.355. The zero-order valence-corrected chi connectivity index (χ0v) is 18.3. The van der Waals surface area contributed by atoms with E-state index in [2.05, 4.69) is 11.3 Å². The van der Waals surface area contributed by atoms with Gasteiger partial charge in [-0.05, 0) is 12.8 Å². The molecule has 196 valence electrons. The number of unbranched alkanes of at least 4 members (excludes halogenated alkanes) is 1. The van der Waals surface area contributed by atoms with Gasteiger partial charge in [-0.1, -0.05) is 6.58 Å². The van der Waals surface area contributed by atoms with E-state index in [-0.39, 0.29) is 12.8 Å². The van der Waals surface area contributed by atoms with Crippen LogP contribution in [0.4, 0.5) is 0 Å². The summed E-state index contributed by atoms with van der Waals surface area (Å²) < 4.78 is 25.3. The first-order valence-corrected chi connectivity index (χ1v) is 10.7. The van der Waals surface area contributed by atoms with Gasteiger partial charge in [-0.25, -0.2) is 0 Å². The van der Waals surface area contributed by atoms with E-state index < -0.39 is 86.6 Å². The van der Waals surface area contributed by atoms with Crippen molar-refractivity contribution in [3.05, 3.63) is 12.8 Å². The lowest BCUT2D eigenvalue weighted by Crippen LogP contribution is -2.64. The minimum absolute atomic E-state index is 0.0424. The number of aliphatic hydroxyl groups is 7. The van der Waals surface area contributed by atoms with Gasteiger partial charge >= 0.3 is 11.9 Å². The van der Waals surface area contributed by atoms with Gasteiger partial charge in [-0.2, -0.15) is 0 Å². The van der Waals surface area contributed by atoms with Crippen LogP contribution in [0.2, 0.25) is 0 Å². The first kappa shape index (κ1) is 28.5. The third-order valence-corrected chi connectivity index (χ3v) is 5.43. The van der Waals surface area contributed by atoms with Crippen LogP contribution in [0.3, 0.4) is 0 Å². The number of carbonyl (C=O) groups is 2. The van der Waals surface area contributed by atoms with Gasteiger partial charge in [0.05, 0.1) is 12.9 Å². The van der Waals surface area contributed by atoms with E-state index in [1.54, 1.807) is 0 Å². The molecular formula is C20H32O14. The smallest absolute Gasteiger partial charge is 0.310 e. The molecule has 0 aliphatic carbocycles. The van der Waals surface area contributed by atoms with E-state index in [0.29, 0.717) is 12.8 Å². The molecule has 14 nitrogen and oxygen atoms in total. The third-order valence-electron chi connectivity index (χ3n) is 5.43. The van der Waals surface area contributed by atoms with Crippen LogP contribution in [-0.4, -0.2) is 122 Å². The minimum atomic E-state index is -1.81. The van der Waals surface area contributed by atoms with Gasteiger partial charge in [0.15, 0.2) is 12.6 Å². The summed E-state index contributed by atoms with van der Waals surface area (Å²) in [6, 6.07) is 0. The number of aliphatic hydroxyl groups excluding tert-OH is 7. The Morgan fingerprint density at radius 3 is 2.09 bits per heavy atom. The van der Waals surface area contributed by atoms with E-state index in [0.717, 1.165) is 6.26 Å². The van der Waals surface area contributed by atoms with E-state index in [1.807, 2.05) is 0 Å². The summed E-state index contributed by atoms with van der Waals surface area (Å²) in [7, 11) is 0. The van der Waals surface area contributed by atoms with Gasteiger partial charge < -0.3 is 59.4 Å². The summed E-state index contributed by atoms with van der Waals surface area (Å²) in [6.45, 7) is 2.01. The molecule has 2 heterocycles. The van der Waals surface area contributed by atoms with Crippen molar-refractivity contribution >= 4 is 11.9 Å². The lowest BCUT2D eigenvalue weighted by atomic mass is 9.97. The molecule has 0 spiro atoms. The predicted molar refractivity (Wildman–Crippen MR) is 107 cm³/mol. The summed E-state index contributed by atoms with van der Waals surface area (Å²) >= 11 is 0. The fourth-order valence-electron chi connectivity index (χ4n) is 3.49. The van der Waals surface area contributed by atoms with Crippen molar-refractivity contribution < 1.29 is 69.0 Å². The highest BCUT2D eigenvalue weighted by atomic mass is 16.7. The van der Waals surface area contributed by atoms with Crippen LogP contribution in [0.5, 0.6) is 0 Å². The Balaban J connectivity index is 1.89. The Hall–Kier alpha value is -1.72. The summed E-state index contributed by atoms with van der Waals surface area (Å²) in [6.07, 6.45) is -14.7. The van der Waals surface area contributed by atoms with Crippen LogP contribution in [0.1, 0.15) is 25.7 Å². The molecule has 34 heavy (non-hydrogen) atoms. The van der Waals surface area contributed by atoms with Gasteiger partial charge in [-0.15, -0.1) is 0 Å². The molecule has 2 aliphatic rings. The van der Waals surface area contributed by atoms with Crippen LogP contribution >= 0.6 is 0 Å². The maximum absolute atomic E-state index is 11.9. The Bertz CT molecular complexity index is 672. The second-order valence-corrected chi connectivity index (χ2v) is 7.89. The van der Waals surface area contributed by atoms with Crippen LogP contribution in [0, 0.1) is 0 Å². The summed E-state index contributed by atoms with van der Waals surface area (Å²) in [5, 5.41) is 69.5. The SMILES string of the molecule is C=COC(=O)CCCCC(=O)OC[C@H]1O[C@@H](O[C@H]2[C@H](O)[C@@H](O)C(O)O[C@@H]2CO)[C@H](O)[C@@H](O)[C@H]1O. The molecule has 0 aromatic carbocycles. The molecule has 10 atom stereocenters. The monoisotopic (exact) mass is 496 g/mol. The molecule has 0 amide bonds. The van der Waals surface area contributed by atoms with Crippen LogP contribution in [-0.2, 0) is 33.3 Å². The Morgan fingerprint density at radius 2 is 1.47 bits per heavy atom. The molecular weight excluding hydrogens is 464 g/mol. The zero-order chi connectivity index (χ0) is 25.4. The average Bonchev–Trinajstić information content (AvgIpc) is 2.81. The second-order valence-electron chi connectivity index (χ2n) is 7.89.